The number of nitrogens with zero attached hydrogens (tertiary/aromatic N) is 3. The van der Waals surface area contributed by atoms with Crippen molar-refractivity contribution in [1.29, 1.82) is 0 Å². The monoisotopic (exact) mass is 374 g/mol. The molecule has 3 heterocycles. The molecular formula is C20H30N4O3. The summed E-state index contributed by atoms with van der Waals surface area (Å²) >= 11 is 0. The SMILES string of the molecule is CCNC(=O)c1ccc(N2CCC3(CCC(=O)N(CCCO)C3)CC2)nc1. The van der Waals surface area contributed by atoms with Crippen molar-refractivity contribution in [2.45, 2.75) is 39.0 Å². The van der Waals surface area contributed by atoms with Crippen LogP contribution >= 0.6 is 0 Å². The Morgan fingerprint density at radius 1 is 1.30 bits per heavy atom. The first-order valence-corrected chi connectivity index (χ1v) is 9.95. The number of nitrogens with one attached hydrogen (secondary N) is 1. The number of hydrogen-bond donors (Lipinski definition) is 2. The molecule has 0 unspecified atom stereocenters. The van der Waals surface area contributed by atoms with Gasteiger partial charge in [0.15, 0.2) is 0 Å². The fraction of sp³-hybridized carbons (Fsp3) is 0.650. The van der Waals surface area contributed by atoms with Crippen LogP contribution in [0.15, 0.2) is 18.3 Å². The van der Waals surface area contributed by atoms with Crippen LogP contribution in [0.25, 0.3) is 0 Å². The molecule has 2 N–H and O–H groups in total. The number of amides is 2. The molecule has 2 amide bonds. The maximum Gasteiger partial charge on any atom is 0.252 e. The van der Waals surface area contributed by atoms with Gasteiger partial charge in [0.05, 0.1) is 5.56 Å². The van der Waals surface area contributed by atoms with Crippen molar-refractivity contribution in [1.82, 2.24) is 15.2 Å². The van der Waals surface area contributed by atoms with E-state index in [0.29, 0.717) is 31.5 Å². The first-order valence-electron chi connectivity index (χ1n) is 9.95. The van der Waals surface area contributed by atoms with E-state index in [0.717, 1.165) is 44.7 Å². The number of piperidine rings is 2. The first-order chi connectivity index (χ1) is 13.1. The molecule has 0 saturated carbocycles. The Labute approximate surface area is 160 Å². The van der Waals surface area contributed by atoms with Crippen LogP contribution in [0.2, 0.25) is 0 Å². The van der Waals surface area contributed by atoms with Crippen LogP contribution in [-0.4, -0.2) is 66.1 Å². The van der Waals surface area contributed by atoms with E-state index in [4.69, 9.17) is 5.11 Å². The first kappa shape index (κ1) is 19.6. The summed E-state index contributed by atoms with van der Waals surface area (Å²) in [6.45, 7) is 5.92. The Kier molecular flexibility index (Phi) is 6.31. The zero-order valence-corrected chi connectivity index (χ0v) is 16.1. The summed E-state index contributed by atoms with van der Waals surface area (Å²) in [5.74, 6) is 1.03. The zero-order chi connectivity index (χ0) is 19.3. The third-order valence-corrected chi connectivity index (χ3v) is 5.83. The predicted molar refractivity (Wildman–Crippen MR) is 104 cm³/mol. The second-order valence-corrected chi connectivity index (χ2v) is 7.64. The Hall–Kier alpha value is -2.15. The van der Waals surface area contributed by atoms with E-state index in [1.807, 2.05) is 24.0 Å². The summed E-state index contributed by atoms with van der Waals surface area (Å²) in [7, 11) is 0. The van der Waals surface area contributed by atoms with Gasteiger partial charge < -0.3 is 20.2 Å². The van der Waals surface area contributed by atoms with Gasteiger partial charge in [-0.25, -0.2) is 4.98 Å². The van der Waals surface area contributed by atoms with Crippen LogP contribution in [0.4, 0.5) is 5.82 Å². The predicted octanol–water partition coefficient (Wildman–Crippen LogP) is 1.42. The third-order valence-electron chi connectivity index (χ3n) is 5.83. The number of likely N-dealkylation sites (tertiary alicyclic amines) is 1. The van der Waals surface area contributed by atoms with E-state index >= 15 is 0 Å². The molecule has 0 aromatic carbocycles. The minimum Gasteiger partial charge on any atom is -0.396 e. The molecule has 7 nitrogen and oxygen atoms in total. The molecule has 2 aliphatic rings. The molecule has 1 spiro atoms. The van der Waals surface area contributed by atoms with Crippen LogP contribution in [0.5, 0.6) is 0 Å². The van der Waals surface area contributed by atoms with Gasteiger partial charge in [0.25, 0.3) is 5.91 Å². The molecule has 148 valence electrons. The lowest BCUT2D eigenvalue weighted by Crippen LogP contribution is -2.51. The molecule has 27 heavy (non-hydrogen) atoms. The number of aliphatic hydroxyl groups is 1. The van der Waals surface area contributed by atoms with Gasteiger partial charge in [-0.15, -0.1) is 0 Å². The van der Waals surface area contributed by atoms with Crippen molar-refractivity contribution < 1.29 is 14.7 Å². The molecule has 1 aromatic rings. The fourth-order valence-electron chi connectivity index (χ4n) is 4.16. The lowest BCUT2D eigenvalue weighted by Gasteiger charge is -2.47. The molecule has 3 rings (SSSR count). The second kappa shape index (κ2) is 8.69. The number of pyridine rings is 1. The van der Waals surface area contributed by atoms with Gasteiger partial charge >= 0.3 is 0 Å². The molecule has 0 radical (unpaired) electrons. The summed E-state index contributed by atoms with van der Waals surface area (Å²) < 4.78 is 0. The zero-order valence-electron chi connectivity index (χ0n) is 16.1. The number of aliphatic hydroxyl groups excluding tert-OH is 1. The normalized spacial score (nSPS) is 19.4. The van der Waals surface area contributed by atoms with Gasteiger partial charge in [-0.05, 0) is 50.2 Å². The van der Waals surface area contributed by atoms with Gasteiger partial charge in [0.1, 0.15) is 5.82 Å². The molecule has 0 atom stereocenters. The van der Waals surface area contributed by atoms with E-state index in [-0.39, 0.29) is 23.8 Å². The van der Waals surface area contributed by atoms with Crippen molar-refractivity contribution in [3.63, 3.8) is 0 Å². The molecule has 2 aliphatic heterocycles. The van der Waals surface area contributed by atoms with Crippen LogP contribution in [-0.2, 0) is 4.79 Å². The minimum absolute atomic E-state index is 0.0935. The average molecular weight is 374 g/mol. The van der Waals surface area contributed by atoms with Gasteiger partial charge in [-0.3, -0.25) is 9.59 Å². The number of carbonyl (C=O) groups excluding carboxylic acids is 2. The van der Waals surface area contributed by atoms with Crippen molar-refractivity contribution >= 4 is 17.6 Å². The van der Waals surface area contributed by atoms with E-state index in [1.54, 1.807) is 6.20 Å². The topological polar surface area (TPSA) is 85.8 Å². The maximum atomic E-state index is 12.1. The van der Waals surface area contributed by atoms with E-state index in [2.05, 4.69) is 15.2 Å². The average Bonchev–Trinajstić information content (AvgIpc) is 2.70. The highest BCUT2D eigenvalue weighted by Crippen LogP contribution is 2.40. The standard InChI is InChI=1S/C20H30N4O3/c1-2-21-19(27)16-4-5-17(22-14-16)23-11-8-20(9-12-23)7-6-18(26)24(15-20)10-3-13-25/h4-5,14,25H,2-3,6-13,15H2,1H3,(H,21,27). The number of anilines is 1. The summed E-state index contributed by atoms with van der Waals surface area (Å²) in [5, 5.41) is 11.8. The largest absolute Gasteiger partial charge is 0.396 e. The van der Waals surface area contributed by atoms with Crippen molar-refractivity contribution in [2.75, 3.05) is 44.2 Å². The molecule has 1 aromatic heterocycles. The fourth-order valence-corrected chi connectivity index (χ4v) is 4.16. The van der Waals surface area contributed by atoms with Crippen molar-refractivity contribution in [3.8, 4) is 0 Å². The number of rotatable bonds is 6. The lowest BCUT2D eigenvalue weighted by molar-refractivity contribution is -0.138. The maximum absolute atomic E-state index is 12.1. The Morgan fingerprint density at radius 3 is 2.70 bits per heavy atom. The Bertz CT molecular complexity index is 654. The Morgan fingerprint density at radius 2 is 2.07 bits per heavy atom. The summed E-state index contributed by atoms with van der Waals surface area (Å²) in [6.07, 6.45) is 5.94. The molecule has 2 saturated heterocycles. The molecule has 2 fully saturated rings. The highest BCUT2D eigenvalue weighted by atomic mass is 16.3. The van der Waals surface area contributed by atoms with Crippen LogP contribution in [0.3, 0.4) is 0 Å². The van der Waals surface area contributed by atoms with E-state index < -0.39 is 0 Å². The molecule has 0 bridgehead atoms. The van der Waals surface area contributed by atoms with E-state index in [1.165, 1.54) is 0 Å². The van der Waals surface area contributed by atoms with Gasteiger partial charge in [-0.1, -0.05) is 0 Å². The third kappa shape index (κ3) is 4.58. The highest BCUT2D eigenvalue weighted by Gasteiger charge is 2.40. The van der Waals surface area contributed by atoms with Gasteiger partial charge in [-0.2, -0.15) is 0 Å². The van der Waals surface area contributed by atoms with Crippen LogP contribution < -0.4 is 10.2 Å². The van der Waals surface area contributed by atoms with Crippen LogP contribution in [0, 0.1) is 5.41 Å². The van der Waals surface area contributed by atoms with Gasteiger partial charge in [0.2, 0.25) is 5.91 Å². The number of aromatic nitrogens is 1. The lowest BCUT2D eigenvalue weighted by atomic mass is 9.72. The second-order valence-electron chi connectivity index (χ2n) is 7.64. The smallest absolute Gasteiger partial charge is 0.252 e. The van der Waals surface area contributed by atoms with Gasteiger partial charge in [0, 0.05) is 51.9 Å². The summed E-state index contributed by atoms with van der Waals surface area (Å²) in [4.78, 5) is 32.7. The summed E-state index contributed by atoms with van der Waals surface area (Å²) in [5.41, 5.74) is 0.778. The Balaban J connectivity index is 1.58. The summed E-state index contributed by atoms with van der Waals surface area (Å²) in [6, 6.07) is 3.74. The molecule has 7 heteroatoms. The minimum atomic E-state index is -0.0935. The van der Waals surface area contributed by atoms with E-state index in [9.17, 15) is 9.59 Å². The number of hydrogen-bond acceptors (Lipinski definition) is 5. The van der Waals surface area contributed by atoms with Crippen molar-refractivity contribution in [2.24, 2.45) is 5.41 Å². The molecule has 0 aliphatic carbocycles. The number of carbonyl (C=O) groups is 2. The van der Waals surface area contributed by atoms with Crippen molar-refractivity contribution in [3.05, 3.63) is 23.9 Å². The molecular weight excluding hydrogens is 344 g/mol. The highest BCUT2D eigenvalue weighted by molar-refractivity contribution is 5.94. The quantitative estimate of drug-likeness (QED) is 0.787. The van der Waals surface area contributed by atoms with Crippen LogP contribution in [0.1, 0.15) is 49.4 Å².